The van der Waals surface area contributed by atoms with Crippen LogP contribution in [0.2, 0.25) is 0 Å². The molecule has 0 bridgehead atoms. The number of rotatable bonds is 6. The Morgan fingerprint density at radius 2 is 2.08 bits per heavy atom. The van der Waals surface area contributed by atoms with Gasteiger partial charge in [-0.05, 0) is 60.5 Å². The molecule has 0 amide bonds. The lowest BCUT2D eigenvalue weighted by Crippen LogP contribution is -2.29. The summed E-state index contributed by atoms with van der Waals surface area (Å²) in [5.74, 6) is 0.235. The van der Waals surface area contributed by atoms with Crippen molar-refractivity contribution in [3.63, 3.8) is 0 Å². The molecule has 0 saturated heterocycles. The van der Waals surface area contributed by atoms with Gasteiger partial charge in [-0.25, -0.2) is 4.79 Å². The van der Waals surface area contributed by atoms with Gasteiger partial charge >= 0.3 is 5.97 Å². The van der Waals surface area contributed by atoms with Gasteiger partial charge in [0.15, 0.2) is 0 Å². The minimum atomic E-state index is -0.282. The zero-order valence-corrected chi connectivity index (χ0v) is 15.8. The van der Waals surface area contributed by atoms with E-state index in [1.54, 1.807) is 17.8 Å². The minimum Gasteiger partial charge on any atom is -0.466 e. The van der Waals surface area contributed by atoms with E-state index in [-0.39, 0.29) is 5.97 Å². The summed E-state index contributed by atoms with van der Waals surface area (Å²) in [7, 11) is 1.43. The maximum atomic E-state index is 11.7. The van der Waals surface area contributed by atoms with Crippen LogP contribution in [0.3, 0.4) is 0 Å². The predicted molar refractivity (Wildman–Crippen MR) is 102 cm³/mol. The molecule has 0 unspecified atom stereocenters. The molecule has 0 heterocycles. The van der Waals surface area contributed by atoms with E-state index in [0.29, 0.717) is 11.3 Å². The number of methoxy groups -OCH3 is 1. The largest absolute Gasteiger partial charge is 0.466 e. The molecule has 1 fully saturated rings. The fraction of sp³-hybridized carbons (Fsp3) is 0.476. The van der Waals surface area contributed by atoms with Gasteiger partial charge in [-0.2, -0.15) is 0 Å². The predicted octanol–water partition coefficient (Wildman–Crippen LogP) is 6.00. The van der Waals surface area contributed by atoms with E-state index in [4.69, 9.17) is 4.74 Å². The number of benzene rings is 1. The molecular formula is C21H28O2S. The van der Waals surface area contributed by atoms with Crippen LogP contribution in [-0.4, -0.2) is 13.1 Å². The molecule has 1 aliphatic rings. The molecule has 0 aromatic heterocycles. The minimum absolute atomic E-state index is 0.282. The Hall–Kier alpha value is -1.48. The Labute approximate surface area is 150 Å². The summed E-state index contributed by atoms with van der Waals surface area (Å²) in [6, 6.07) is 10.2. The van der Waals surface area contributed by atoms with E-state index >= 15 is 0 Å². The third-order valence-electron chi connectivity index (χ3n) is 4.91. The van der Waals surface area contributed by atoms with Gasteiger partial charge in [0, 0.05) is 11.0 Å². The fourth-order valence-corrected chi connectivity index (χ4v) is 4.51. The molecule has 0 radical (unpaired) electrons. The standard InChI is InChI=1S/C21H28O2S/c1-16-9-8-14-21(2,3)19(16)13-12-18(15-20(22)23-4)24-17-10-6-5-7-11-17/h5-7,10-11,15,19H,1,8-9,12-14H2,2-4H3/b18-15-/t19-/m1/s1. The molecule has 130 valence electrons. The molecule has 1 saturated carbocycles. The van der Waals surface area contributed by atoms with Gasteiger partial charge in [-0.15, -0.1) is 0 Å². The van der Waals surface area contributed by atoms with E-state index in [1.807, 2.05) is 18.2 Å². The molecule has 24 heavy (non-hydrogen) atoms. The third-order valence-corrected chi connectivity index (χ3v) is 6.00. The Bertz CT molecular complexity index is 602. The van der Waals surface area contributed by atoms with Gasteiger partial charge in [0.05, 0.1) is 7.11 Å². The molecule has 1 aromatic carbocycles. The summed E-state index contributed by atoms with van der Waals surface area (Å²) in [5, 5.41) is 0. The molecule has 0 N–H and O–H groups in total. The van der Waals surface area contributed by atoms with Crippen LogP contribution in [0.25, 0.3) is 0 Å². The quantitative estimate of drug-likeness (QED) is 0.274. The smallest absolute Gasteiger partial charge is 0.331 e. The highest BCUT2D eigenvalue weighted by atomic mass is 32.2. The zero-order valence-electron chi connectivity index (χ0n) is 15.0. The Morgan fingerprint density at radius 3 is 2.71 bits per heavy atom. The summed E-state index contributed by atoms with van der Waals surface area (Å²) in [5.41, 5.74) is 1.66. The van der Waals surface area contributed by atoms with Crippen molar-refractivity contribution in [3.05, 3.63) is 53.5 Å². The first-order valence-corrected chi connectivity index (χ1v) is 9.43. The van der Waals surface area contributed by atoms with E-state index in [0.717, 1.165) is 29.1 Å². The van der Waals surface area contributed by atoms with Crippen molar-refractivity contribution in [3.8, 4) is 0 Å². The van der Waals surface area contributed by atoms with Gasteiger partial charge < -0.3 is 4.74 Å². The van der Waals surface area contributed by atoms with Crippen LogP contribution in [-0.2, 0) is 9.53 Å². The highest BCUT2D eigenvalue weighted by Gasteiger charge is 2.34. The van der Waals surface area contributed by atoms with Crippen LogP contribution < -0.4 is 0 Å². The first kappa shape index (κ1) is 18.9. The van der Waals surface area contributed by atoms with E-state index in [2.05, 4.69) is 32.6 Å². The van der Waals surface area contributed by atoms with Gasteiger partial charge in [-0.1, -0.05) is 56.0 Å². The van der Waals surface area contributed by atoms with Gasteiger partial charge in [0.2, 0.25) is 0 Å². The van der Waals surface area contributed by atoms with Crippen LogP contribution >= 0.6 is 11.8 Å². The summed E-state index contributed by atoms with van der Waals surface area (Å²) in [6.07, 6.45) is 7.17. The van der Waals surface area contributed by atoms with Crippen LogP contribution in [0, 0.1) is 11.3 Å². The highest BCUT2D eigenvalue weighted by Crippen LogP contribution is 2.46. The van der Waals surface area contributed by atoms with Gasteiger partial charge in [0.25, 0.3) is 0 Å². The molecule has 0 aliphatic heterocycles. The average molecular weight is 345 g/mol. The number of esters is 1. The lowest BCUT2D eigenvalue weighted by Gasteiger charge is -2.40. The normalized spacial score (nSPS) is 20.7. The summed E-state index contributed by atoms with van der Waals surface area (Å²) in [4.78, 5) is 13.9. The Kier molecular flexibility index (Phi) is 6.73. The molecule has 1 atom stereocenters. The van der Waals surface area contributed by atoms with Crippen molar-refractivity contribution in [2.45, 2.75) is 50.8 Å². The zero-order chi connectivity index (χ0) is 17.6. The van der Waals surface area contributed by atoms with Crippen molar-refractivity contribution in [1.82, 2.24) is 0 Å². The van der Waals surface area contributed by atoms with Crippen molar-refractivity contribution in [2.24, 2.45) is 11.3 Å². The molecule has 1 aromatic rings. The summed E-state index contributed by atoms with van der Waals surface area (Å²) >= 11 is 1.65. The van der Waals surface area contributed by atoms with E-state index in [1.165, 1.54) is 25.5 Å². The number of carbonyl (C=O) groups is 1. The molecule has 2 rings (SSSR count). The molecule has 2 nitrogen and oxygen atoms in total. The third kappa shape index (κ3) is 5.27. The lowest BCUT2D eigenvalue weighted by molar-refractivity contribution is -0.134. The second-order valence-corrected chi connectivity index (χ2v) is 8.34. The van der Waals surface area contributed by atoms with Crippen molar-refractivity contribution >= 4 is 17.7 Å². The fourth-order valence-electron chi connectivity index (χ4n) is 3.54. The second-order valence-electron chi connectivity index (χ2n) is 7.14. The number of ether oxygens (including phenoxy) is 1. The van der Waals surface area contributed by atoms with Crippen LogP contribution in [0.15, 0.2) is 58.4 Å². The number of hydrogen-bond donors (Lipinski definition) is 0. The Balaban J connectivity index is 2.09. The topological polar surface area (TPSA) is 26.3 Å². The first-order valence-electron chi connectivity index (χ1n) is 8.61. The summed E-state index contributed by atoms with van der Waals surface area (Å²) in [6.45, 7) is 9.00. The van der Waals surface area contributed by atoms with E-state index in [9.17, 15) is 4.79 Å². The Morgan fingerprint density at radius 1 is 1.38 bits per heavy atom. The average Bonchev–Trinajstić information content (AvgIpc) is 2.54. The second kappa shape index (κ2) is 8.57. The van der Waals surface area contributed by atoms with Gasteiger partial charge in [-0.3, -0.25) is 0 Å². The van der Waals surface area contributed by atoms with Crippen LogP contribution in [0.5, 0.6) is 0 Å². The number of allylic oxidation sites excluding steroid dienone is 2. The lowest BCUT2D eigenvalue weighted by atomic mass is 9.65. The van der Waals surface area contributed by atoms with Crippen molar-refractivity contribution in [1.29, 1.82) is 0 Å². The van der Waals surface area contributed by atoms with E-state index < -0.39 is 0 Å². The number of carbonyl (C=O) groups excluding carboxylic acids is 1. The first-order chi connectivity index (χ1) is 11.4. The highest BCUT2D eigenvalue weighted by molar-refractivity contribution is 8.03. The molecule has 1 aliphatic carbocycles. The van der Waals surface area contributed by atoms with Gasteiger partial charge in [0.1, 0.15) is 0 Å². The molecule has 3 heteroatoms. The monoisotopic (exact) mass is 344 g/mol. The van der Waals surface area contributed by atoms with Crippen molar-refractivity contribution in [2.75, 3.05) is 7.11 Å². The maximum absolute atomic E-state index is 11.7. The SMILES string of the molecule is C=C1CCCC(C)(C)[C@@H]1CC/C(=C/C(=O)OC)Sc1ccccc1. The van der Waals surface area contributed by atoms with Crippen molar-refractivity contribution < 1.29 is 9.53 Å². The van der Waals surface area contributed by atoms with Crippen LogP contribution in [0.4, 0.5) is 0 Å². The number of thioether (sulfide) groups is 1. The summed E-state index contributed by atoms with van der Waals surface area (Å²) < 4.78 is 4.83. The molecule has 0 spiro atoms. The molecular weight excluding hydrogens is 316 g/mol. The number of hydrogen-bond acceptors (Lipinski definition) is 3. The maximum Gasteiger partial charge on any atom is 0.331 e. The van der Waals surface area contributed by atoms with Crippen LogP contribution in [0.1, 0.15) is 46.0 Å².